The number of ether oxygens (including phenoxy) is 3. The lowest BCUT2D eigenvalue weighted by Crippen LogP contribution is -2.40. The molecule has 0 unspecified atom stereocenters. The Bertz CT molecular complexity index is 1390. The molecule has 6 rings (SSSR count). The Morgan fingerprint density at radius 1 is 0.889 bits per heavy atom. The van der Waals surface area contributed by atoms with Gasteiger partial charge in [0.05, 0.1) is 49.8 Å². The van der Waals surface area contributed by atoms with E-state index in [1.54, 1.807) is 0 Å². The van der Waals surface area contributed by atoms with Crippen LogP contribution in [0.15, 0.2) is 54.6 Å². The molecule has 2 aliphatic heterocycles. The van der Waals surface area contributed by atoms with E-state index in [2.05, 4.69) is 32.4 Å². The highest BCUT2D eigenvalue weighted by molar-refractivity contribution is 6.10. The molecule has 0 radical (unpaired) electrons. The third-order valence-electron chi connectivity index (χ3n) is 6.87. The molecule has 0 spiro atoms. The molecular weight excluding hydrogens is 456 g/mol. The van der Waals surface area contributed by atoms with Gasteiger partial charge in [0.25, 0.3) is 0 Å². The van der Waals surface area contributed by atoms with Crippen molar-refractivity contribution < 1.29 is 19.0 Å². The summed E-state index contributed by atoms with van der Waals surface area (Å²) in [4.78, 5) is 23.3. The van der Waals surface area contributed by atoms with Crippen molar-refractivity contribution in [2.75, 3.05) is 69.0 Å². The van der Waals surface area contributed by atoms with Crippen LogP contribution < -0.4 is 9.80 Å². The second-order valence-electron chi connectivity index (χ2n) is 8.97. The van der Waals surface area contributed by atoms with Crippen LogP contribution in [0.1, 0.15) is 17.3 Å². The van der Waals surface area contributed by atoms with Crippen molar-refractivity contribution in [3.8, 4) is 11.1 Å². The SMILES string of the molecule is CCOC(=O)c1c(N2CCOCC2)c(-c2ccccc2)c(N2CCOCC2)n2c1nc1ccccc12. The van der Waals surface area contributed by atoms with Gasteiger partial charge in [0.1, 0.15) is 11.4 Å². The molecule has 36 heavy (non-hydrogen) atoms. The van der Waals surface area contributed by atoms with E-state index in [0.717, 1.165) is 46.8 Å². The van der Waals surface area contributed by atoms with E-state index in [1.165, 1.54) is 0 Å². The number of anilines is 2. The smallest absolute Gasteiger partial charge is 0.344 e. The Morgan fingerprint density at radius 2 is 1.53 bits per heavy atom. The lowest BCUT2D eigenvalue weighted by molar-refractivity contribution is 0.0528. The summed E-state index contributed by atoms with van der Waals surface area (Å²) in [6.07, 6.45) is 0. The molecule has 0 amide bonds. The number of para-hydroxylation sites is 2. The van der Waals surface area contributed by atoms with Gasteiger partial charge in [-0.25, -0.2) is 9.78 Å². The number of esters is 1. The average Bonchev–Trinajstić information content (AvgIpc) is 3.32. The second kappa shape index (κ2) is 9.79. The fourth-order valence-electron chi connectivity index (χ4n) is 5.30. The van der Waals surface area contributed by atoms with Gasteiger partial charge in [0.15, 0.2) is 5.65 Å². The highest BCUT2D eigenvalue weighted by Crippen LogP contribution is 2.45. The summed E-state index contributed by atoms with van der Waals surface area (Å²) >= 11 is 0. The average molecular weight is 487 g/mol. The van der Waals surface area contributed by atoms with Crippen LogP contribution in [0.5, 0.6) is 0 Å². The molecule has 2 aliphatic rings. The zero-order valence-electron chi connectivity index (χ0n) is 20.5. The van der Waals surface area contributed by atoms with Crippen LogP contribution in [0.4, 0.5) is 11.5 Å². The zero-order valence-corrected chi connectivity index (χ0v) is 20.5. The second-order valence-corrected chi connectivity index (χ2v) is 8.97. The Hall–Kier alpha value is -3.62. The largest absolute Gasteiger partial charge is 0.462 e. The predicted octanol–water partition coefficient (Wildman–Crippen LogP) is 4.00. The Morgan fingerprint density at radius 3 is 2.22 bits per heavy atom. The lowest BCUT2D eigenvalue weighted by Gasteiger charge is -2.37. The molecule has 4 heterocycles. The van der Waals surface area contributed by atoms with Gasteiger partial charge in [0.2, 0.25) is 0 Å². The first-order valence-electron chi connectivity index (χ1n) is 12.6. The van der Waals surface area contributed by atoms with Crippen molar-refractivity contribution in [2.24, 2.45) is 0 Å². The summed E-state index contributed by atoms with van der Waals surface area (Å²) in [5, 5.41) is 0. The molecule has 8 nitrogen and oxygen atoms in total. The molecular formula is C28H30N4O4. The minimum atomic E-state index is -0.356. The maximum absolute atomic E-state index is 13.7. The van der Waals surface area contributed by atoms with Crippen LogP contribution in [0, 0.1) is 0 Å². The van der Waals surface area contributed by atoms with Crippen LogP contribution in [0.2, 0.25) is 0 Å². The number of aromatic nitrogens is 2. The summed E-state index contributed by atoms with van der Waals surface area (Å²) < 4.78 is 19.2. The van der Waals surface area contributed by atoms with E-state index < -0.39 is 0 Å². The topological polar surface area (TPSA) is 68.5 Å². The van der Waals surface area contributed by atoms with Crippen molar-refractivity contribution in [1.29, 1.82) is 0 Å². The van der Waals surface area contributed by atoms with E-state index in [0.29, 0.717) is 57.3 Å². The first-order valence-corrected chi connectivity index (χ1v) is 12.6. The molecule has 2 fully saturated rings. The quantitative estimate of drug-likeness (QED) is 0.395. The van der Waals surface area contributed by atoms with Gasteiger partial charge in [-0.15, -0.1) is 0 Å². The van der Waals surface area contributed by atoms with E-state index >= 15 is 0 Å². The Kier molecular flexibility index (Phi) is 6.21. The van der Waals surface area contributed by atoms with Crippen LogP contribution >= 0.6 is 0 Å². The molecule has 0 bridgehead atoms. The zero-order chi connectivity index (χ0) is 24.5. The predicted molar refractivity (Wildman–Crippen MR) is 140 cm³/mol. The number of fused-ring (bicyclic) bond motifs is 3. The molecule has 0 aliphatic carbocycles. The minimum absolute atomic E-state index is 0.291. The minimum Gasteiger partial charge on any atom is -0.462 e. The number of benzene rings is 2. The van der Waals surface area contributed by atoms with Crippen molar-refractivity contribution in [1.82, 2.24) is 9.38 Å². The maximum atomic E-state index is 13.7. The van der Waals surface area contributed by atoms with Gasteiger partial charge < -0.3 is 24.0 Å². The maximum Gasteiger partial charge on any atom is 0.344 e. The summed E-state index contributed by atoms with van der Waals surface area (Å²) in [5.74, 6) is 0.674. The van der Waals surface area contributed by atoms with E-state index in [9.17, 15) is 4.79 Å². The fourth-order valence-corrected chi connectivity index (χ4v) is 5.30. The van der Waals surface area contributed by atoms with E-state index in [-0.39, 0.29) is 5.97 Å². The monoisotopic (exact) mass is 486 g/mol. The molecule has 0 atom stereocenters. The third kappa shape index (κ3) is 3.86. The molecule has 2 saturated heterocycles. The van der Waals surface area contributed by atoms with Gasteiger partial charge in [-0.1, -0.05) is 42.5 Å². The number of pyridine rings is 1. The van der Waals surface area contributed by atoms with Gasteiger partial charge in [-0.3, -0.25) is 4.40 Å². The van der Waals surface area contributed by atoms with E-state index in [4.69, 9.17) is 19.2 Å². The summed E-state index contributed by atoms with van der Waals surface area (Å²) in [5.41, 5.74) is 5.86. The number of imidazole rings is 1. The van der Waals surface area contributed by atoms with Gasteiger partial charge in [-0.05, 0) is 24.6 Å². The third-order valence-corrected chi connectivity index (χ3v) is 6.87. The van der Waals surface area contributed by atoms with Crippen LogP contribution in [0.3, 0.4) is 0 Å². The lowest BCUT2D eigenvalue weighted by atomic mass is 9.98. The molecule has 0 N–H and O–H groups in total. The molecule has 186 valence electrons. The number of rotatable bonds is 5. The van der Waals surface area contributed by atoms with Crippen molar-refractivity contribution >= 4 is 34.2 Å². The normalized spacial score (nSPS) is 16.6. The van der Waals surface area contributed by atoms with E-state index in [1.807, 2.05) is 43.3 Å². The number of carbonyl (C=O) groups excluding carboxylic acids is 1. The first kappa shape index (κ1) is 22.8. The van der Waals surface area contributed by atoms with Crippen LogP contribution in [-0.4, -0.2) is 74.6 Å². The number of carbonyl (C=O) groups is 1. The standard InChI is InChI=1S/C28H30N4O4/c1-2-36-28(33)24-25(30-12-16-34-17-13-30)23(20-8-4-3-5-9-20)27(31-14-18-35-19-15-31)32-22-11-7-6-10-21(22)29-26(24)32/h3-11H,2,12-19H2,1H3. The highest BCUT2D eigenvalue weighted by atomic mass is 16.5. The Balaban J connectivity index is 1.80. The summed E-state index contributed by atoms with van der Waals surface area (Å²) in [7, 11) is 0. The molecule has 2 aromatic carbocycles. The van der Waals surface area contributed by atoms with Crippen LogP contribution in [-0.2, 0) is 14.2 Å². The van der Waals surface area contributed by atoms with Gasteiger partial charge in [-0.2, -0.15) is 0 Å². The van der Waals surface area contributed by atoms with Crippen molar-refractivity contribution in [3.63, 3.8) is 0 Å². The Labute approximate surface area is 210 Å². The number of nitrogens with zero attached hydrogens (tertiary/aromatic N) is 4. The number of morpholine rings is 2. The molecule has 2 aromatic heterocycles. The van der Waals surface area contributed by atoms with Gasteiger partial charge in [0, 0.05) is 31.7 Å². The number of hydrogen-bond donors (Lipinski definition) is 0. The number of hydrogen-bond acceptors (Lipinski definition) is 7. The highest BCUT2D eigenvalue weighted by Gasteiger charge is 2.34. The summed E-state index contributed by atoms with van der Waals surface area (Å²) in [6.45, 7) is 7.51. The van der Waals surface area contributed by atoms with Crippen LogP contribution in [0.25, 0.3) is 27.8 Å². The first-order chi connectivity index (χ1) is 17.8. The molecule has 8 heteroatoms. The fraction of sp³-hybridized carbons (Fsp3) is 0.357. The van der Waals surface area contributed by atoms with Crippen molar-refractivity contribution in [2.45, 2.75) is 6.92 Å². The summed E-state index contributed by atoms with van der Waals surface area (Å²) in [6, 6.07) is 18.4. The molecule has 0 saturated carbocycles. The van der Waals surface area contributed by atoms with Crippen molar-refractivity contribution in [3.05, 3.63) is 60.2 Å². The molecule has 4 aromatic rings. The van der Waals surface area contributed by atoms with Gasteiger partial charge >= 0.3 is 5.97 Å².